The van der Waals surface area contributed by atoms with Gasteiger partial charge in [0.25, 0.3) is 5.91 Å². The normalized spacial score (nSPS) is 12.4. The number of alkyl halides is 3. The van der Waals surface area contributed by atoms with Crippen molar-refractivity contribution in [3.05, 3.63) is 71.6 Å². The molecule has 0 aliphatic heterocycles. The summed E-state index contributed by atoms with van der Waals surface area (Å²) in [6.07, 6.45) is -2.85. The average molecular weight is 536 g/mol. The monoisotopic (exact) mass is 535 g/mol. The van der Waals surface area contributed by atoms with E-state index in [0.717, 1.165) is 12.1 Å². The number of hydrogen-bond donors (Lipinski definition) is 4. The maximum absolute atomic E-state index is 13.0. The van der Waals surface area contributed by atoms with Gasteiger partial charge in [0.05, 0.1) is 22.7 Å². The van der Waals surface area contributed by atoms with Gasteiger partial charge in [-0.15, -0.1) is 0 Å². The minimum atomic E-state index is -4.50. The minimum Gasteiger partial charge on any atom is -0.456 e. The zero-order chi connectivity index (χ0) is 26.6. The predicted octanol–water partition coefficient (Wildman–Crippen LogP) is 4.11. The van der Waals surface area contributed by atoms with Crippen LogP contribution in [0.3, 0.4) is 0 Å². The van der Waals surface area contributed by atoms with Crippen LogP contribution in [0.2, 0.25) is 5.02 Å². The number of anilines is 2. The molecule has 194 valence electrons. The SMILES string of the molecule is O=C(NCCn1ccc2ncnc(Nc3ccc(Oc4cccc(C(F)(F)F)c4)c(Cl)c3)c21)[C@H](O)CO. The number of aromatic nitrogens is 3. The topological polar surface area (TPSA) is 122 Å². The Kier molecular flexibility index (Phi) is 7.81. The Balaban J connectivity index is 1.50. The summed E-state index contributed by atoms with van der Waals surface area (Å²) in [6.45, 7) is -0.159. The highest BCUT2D eigenvalue weighted by molar-refractivity contribution is 6.32. The summed E-state index contributed by atoms with van der Waals surface area (Å²) < 4.78 is 46.3. The zero-order valence-electron chi connectivity index (χ0n) is 19.0. The Morgan fingerprint density at radius 3 is 2.70 bits per heavy atom. The van der Waals surface area contributed by atoms with Crippen LogP contribution >= 0.6 is 11.6 Å². The van der Waals surface area contributed by atoms with E-state index >= 15 is 0 Å². The third-order valence-electron chi connectivity index (χ3n) is 5.26. The Morgan fingerprint density at radius 1 is 1.16 bits per heavy atom. The average Bonchev–Trinajstić information content (AvgIpc) is 3.29. The molecule has 2 heterocycles. The Morgan fingerprint density at radius 2 is 1.97 bits per heavy atom. The molecular formula is C24H21ClF3N5O4. The molecule has 4 N–H and O–H groups in total. The van der Waals surface area contributed by atoms with Crippen LogP contribution in [-0.2, 0) is 17.5 Å². The molecule has 0 spiro atoms. The molecular weight excluding hydrogens is 515 g/mol. The van der Waals surface area contributed by atoms with Crippen LogP contribution in [0, 0.1) is 0 Å². The molecule has 2 aromatic carbocycles. The third kappa shape index (κ3) is 6.28. The van der Waals surface area contributed by atoms with E-state index in [9.17, 15) is 23.1 Å². The molecule has 0 unspecified atom stereocenters. The quantitative estimate of drug-likeness (QED) is 0.254. The van der Waals surface area contributed by atoms with Crippen molar-refractivity contribution in [3.63, 3.8) is 0 Å². The van der Waals surface area contributed by atoms with Gasteiger partial charge in [-0.25, -0.2) is 9.97 Å². The predicted molar refractivity (Wildman–Crippen MR) is 130 cm³/mol. The van der Waals surface area contributed by atoms with Gasteiger partial charge in [0.1, 0.15) is 23.3 Å². The molecule has 0 saturated carbocycles. The fourth-order valence-electron chi connectivity index (χ4n) is 3.47. The van der Waals surface area contributed by atoms with Crippen molar-refractivity contribution in [3.8, 4) is 11.5 Å². The van der Waals surface area contributed by atoms with Gasteiger partial charge in [-0.3, -0.25) is 4.79 Å². The number of amides is 1. The van der Waals surface area contributed by atoms with Crippen LogP contribution in [0.1, 0.15) is 5.56 Å². The number of nitrogens with one attached hydrogen (secondary N) is 2. The number of benzene rings is 2. The molecule has 0 aliphatic carbocycles. The maximum atomic E-state index is 13.0. The molecule has 0 aliphatic rings. The molecule has 2 aromatic heterocycles. The number of carbonyl (C=O) groups excluding carboxylic acids is 1. The number of carbonyl (C=O) groups is 1. The number of hydrogen-bond acceptors (Lipinski definition) is 7. The van der Waals surface area contributed by atoms with Crippen molar-refractivity contribution >= 4 is 40.0 Å². The van der Waals surface area contributed by atoms with E-state index in [-0.39, 0.29) is 23.1 Å². The van der Waals surface area contributed by atoms with E-state index in [4.69, 9.17) is 21.4 Å². The minimum absolute atomic E-state index is 0.00799. The number of rotatable bonds is 9. The van der Waals surface area contributed by atoms with Crippen molar-refractivity contribution in [2.24, 2.45) is 0 Å². The smallest absolute Gasteiger partial charge is 0.416 e. The van der Waals surface area contributed by atoms with Gasteiger partial charge >= 0.3 is 6.18 Å². The molecule has 1 atom stereocenters. The number of aliphatic hydroxyl groups excluding tert-OH is 2. The molecule has 0 fully saturated rings. The van der Waals surface area contributed by atoms with Crippen molar-refractivity contribution in [1.29, 1.82) is 0 Å². The molecule has 1 amide bonds. The van der Waals surface area contributed by atoms with Crippen LogP contribution in [0.4, 0.5) is 24.7 Å². The lowest BCUT2D eigenvalue weighted by molar-refractivity contribution is -0.137. The molecule has 4 rings (SSSR count). The molecule has 0 radical (unpaired) electrons. The van der Waals surface area contributed by atoms with E-state index in [1.54, 1.807) is 29.0 Å². The van der Waals surface area contributed by atoms with Crippen LogP contribution in [0.15, 0.2) is 61.1 Å². The number of halogens is 4. The molecule has 9 nitrogen and oxygen atoms in total. The fraction of sp³-hybridized carbons (Fsp3) is 0.208. The van der Waals surface area contributed by atoms with Crippen LogP contribution in [0.25, 0.3) is 11.0 Å². The second kappa shape index (κ2) is 11.0. The first kappa shape index (κ1) is 26.2. The summed E-state index contributed by atoms with van der Waals surface area (Å²) in [5.74, 6) is -0.0788. The summed E-state index contributed by atoms with van der Waals surface area (Å²) in [6, 6.07) is 11.0. The lowest BCUT2D eigenvalue weighted by Crippen LogP contribution is -2.38. The van der Waals surface area contributed by atoms with E-state index in [1.807, 2.05) is 0 Å². The lowest BCUT2D eigenvalue weighted by Gasteiger charge is -2.14. The number of fused-ring (bicyclic) bond motifs is 1. The molecule has 0 saturated heterocycles. The van der Waals surface area contributed by atoms with E-state index in [1.165, 1.54) is 24.5 Å². The zero-order valence-corrected chi connectivity index (χ0v) is 19.8. The largest absolute Gasteiger partial charge is 0.456 e. The summed E-state index contributed by atoms with van der Waals surface area (Å²) in [4.78, 5) is 20.2. The van der Waals surface area contributed by atoms with Gasteiger partial charge in [0.15, 0.2) is 11.9 Å². The number of aliphatic hydroxyl groups is 2. The van der Waals surface area contributed by atoms with E-state index in [2.05, 4.69) is 20.6 Å². The van der Waals surface area contributed by atoms with Gasteiger partial charge in [0, 0.05) is 25.0 Å². The maximum Gasteiger partial charge on any atom is 0.416 e. The number of nitrogens with zero attached hydrogens (tertiary/aromatic N) is 3. The van der Waals surface area contributed by atoms with Gasteiger partial charge in [-0.2, -0.15) is 13.2 Å². The van der Waals surface area contributed by atoms with Crippen molar-refractivity contribution < 1.29 is 32.9 Å². The Bertz CT molecular complexity index is 1410. The first-order valence-corrected chi connectivity index (χ1v) is 11.3. The summed E-state index contributed by atoms with van der Waals surface area (Å²) >= 11 is 6.34. The Labute approximate surface area is 213 Å². The lowest BCUT2D eigenvalue weighted by atomic mass is 10.2. The first-order valence-electron chi connectivity index (χ1n) is 10.9. The van der Waals surface area contributed by atoms with E-state index < -0.39 is 30.4 Å². The summed E-state index contributed by atoms with van der Waals surface area (Å²) in [5.41, 5.74) is 0.975. The van der Waals surface area contributed by atoms with Gasteiger partial charge < -0.3 is 30.2 Å². The first-order chi connectivity index (χ1) is 17.7. The van der Waals surface area contributed by atoms with Crippen molar-refractivity contribution in [1.82, 2.24) is 19.9 Å². The second-order valence-corrected chi connectivity index (χ2v) is 8.26. The van der Waals surface area contributed by atoms with Crippen LogP contribution in [0.5, 0.6) is 11.5 Å². The van der Waals surface area contributed by atoms with Gasteiger partial charge in [-0.1, -0.05) is 17.7 Å². The van der Waals surface area contributed by atoms with Crippen molar-refractivity contribution in [2.45, 2.75) is 18.8 Å². The number of ether oxygens (including phenoxy) is 1. The van der Waals surface area contributed by atoms with Gasteiger partial charge in [-0.05, 0) is 42.5 Å². The molecule has 4 aromatic rings. The standard InChI is InChI=1S/C24H21ClF3N5O4/c25-17-11-15(4-5-20(17)37-16-3-1-2-14(10-16)24(26,27)28)32-22-21-18(30-13-31-22)6-8-33(21)9-7-29-23(36)19(35)12-34/h1-6,8,10-11,13,19,34-35H,7,9,12H2,(H,29,36)(H,30,31,32)/t19-/m1/s1. The highest BCUT2D eigenvalue weighted by Gasteiger charge is 2.30. The van der Waals surface area contributed by atoms with Gasteiger partial charge in [0.2, 0.25) is 0 Å². The van der Waals surface area contributed by atoms with E-state index in [0.29, 0.717) is 29.1 Å². The highest BCUT2D eigenvalue weighted by Crippen LogP contribution is 2.36. The van der Waals surface area contributed by atoms with Crippen LogP contribution in [-0.4, -0.2) is 49.9 Å². The molecule has 13 heteroatoms. The van der Waals surface area contributed by atoms with Crippen LogP contribution < -0.4 is 15.4 Å². The Hall–Kier alpha value is -3.87. The third-order valence-corrected chi connectivity index (χ3v) is 5.56. The summed E-state index contributed by atoms with van der Waals surface area (Å²) in [7, 11) is 0. The fourth-order valence-corrected chi connectivity index (χ4v) is 3.69. The summed E-state index contributed by atoms with van der Waals surface area (Å²) in [5, 5.41) is 24.1. The van der Waals surface area contributed by atoms with Crippen molar-refractivity contribution in [2.75, 3.05) is 18.5 Å². The molecule has 37 heavy (non-hydrogen) atoms. The second-order valence-electron chi connectivity index (χ2n) is 7.85. The highest BCUT2D eigenvalue weighted by atomic mass is 35.5. The molecule has 0 bridgehead atoms.